The fourth-order valence-electron chi connectivity index (χ4n) is 3.86. The molecule has 0 aromatic heterocycles. The summed E-state index contributed by atoms with van der Waals surface area (Å²) in [6.07, 6.45) is 6.89. The number of ether oxygens (including phenoxy) is 2. The molecule has 0 aromatic rings. The van der Waals surface area contributed by atoms with Gasteiger partial charge in [0, 0.05) is 18.6 Å². The average molecular weight is 262 g/mol. The van der Waals surface area contributed by atoms with Gasteiger partial charge >= 0.3 is 0 Å². The van der Waals surface area contributed by atoms with Gasteiger partial charge < -0.3 is 14.6 Å². The molecule has 4 atom stereocenters. The predicted molar refractivity (Wildman–Crippen MR) is 73.5 cm³/mol. The van der Waals surface area contributed by atoms with Crippen LogP contribution in [0.5, 0.6) is 0 Å². The van der Waals surface area contributed by atoms with E-state index in [9.17, 15) is 5.11 Å². The summed E-state index contributed by atoms with van der Waals surface area (Å²) in [5, 5.41) is 10.3. The quantitative estimate of drug-likeness (QED) is 0.777. The van der Waals surface area contributed by atoms with E-state index in [0.29, 0.717) is 11.8 Å². The van der Waals surface area contributed by atoms with Crippen molar-refractivity contribution >= 4 is 0 Å². The van der Waals surface area contributed by atoms with E-state index in [-0.39, 0.29) is 12.2 Å². The Kier molecular flexibility index (Phi) is 3.27. The molecule has 0 aromatic carbocycles. The SMILES string of the molecule is COC1=C2C(=CCC1OC)C[C@H](O)[C@@H]1CC(C)=C[C@H]21. The Morgan fingerprint density at radius 3 is 2.74 bits per heavy atom. The van der Waals surface area contributed by atoms with Crippen LogP contribution in [0.2, 0.25) is 0 Å². The molecule has 3 rings (SSSR count). The van der Waals surface area contributed by atoms with E-state index in [1.807, 2.05) is 0 Å². The van der Waals surface area contributed by atoms with E-state index < -0.39 is 0 Å². The average Bonchev–Trinajstić information content (AvgIpc) is 2.80. The normalized spacial score (nSPS) is 37.5. The highest BCUT2D eigenvalue weighted by Crippen LogP contribution is 2.49. The summed E-state index contributed by atoms with van der Waals surface area (Å²) in [6, 6.07) is 0. The molecule has 1 unspecified atom stereocenters. The molecular formula is C16H22O3. The van der Waals surface area contributed by atoms with E-state index >= 15 is 0 Å². The van der Waals surface area contributed by atoms with Crippen LogP contribution in [0, 0.1) is 11.8 Å². The van der Waals surface area contributed by atoms with Gasteiger partial charge in [-0.15, -0.1) is 0 Å². The molecule has 3 nitrogen and oxygen atoms in total. The minimum absolute atomic E-state index is 0.0222. The van der Waals surface area contributed by atoms with E-state index in [1.54, 1.807) is 14.2 Å². The van der Waals surface area contributed by atoms with Gasteiger partial charge in [0.2, 0.25) is 0 Å². The summed E-state index contributed by atoms with van der Waals surface area (Å²) in [5.74, 6) is 1.57. The molecule has 0 amide bonds. The monoisotopic (exact) mass is 262 g/mol. The second-order valence-corrected chi connectivity index (χ2v) is 5.85. The van der Waals surface area contributed by atoms with E-state index in [0.717, 1.165) is 25.0 Å². The minimum Gasteiger partial charge on any atom is -0.498 e. The third-order valence-electron chi connectivity index (χ3n) is 4.73. The third-order valence-corrected chi connectivity index (χ3v) is 4.73. The van der Waals surface area contributed by atoms with Crippen molar-refractivity contribution in [3.63, 3.8) is 0 Å². The van der Waals surface area contributed by atoms with Gasteiger partial charge in [-0.3, -0.25) is 0 Å². The number of hydrogen-bond donors (Lipinski definition) is 1. The third kappa shape index (κ3) is 1.96. The zero-order valence-corrected chi connectivity index (χ0v) is 11.8. The van der Waals surface area contributed by atoms with Gasteiger partial charge in [0.1, 0.15) is 11.9 Å². The lowest BCUT2D eigenvalue weighted by molar-refractivity contribution is 0.0596. The molecule has 0 heterocycles. The number of aliphatic hydroxyl groups excluding tert-OH is 1. The minimum atomic E-state index is -0.231. The number of aliphatic hydroxyl groups is 1. The smallest absolute Gasteiger partial charge is 0.129 e. The molecule has 1 N–H and O–H groups in total. The van der Waals surface area contributed by atoms with Crippen LogP contribution in [-0.2, 0) is 9.47 Å². The highest BCUT2D eigenvalue weighted by molar-refractivity contribution is 5.47. The maximum absolute atomic E-state index is 10.3. The molecule has 0 saturated heterocycles. The summed E-state index contributed by atoms with van der Waals surface area (Å²) < 4.78 is 11.2. The Bertz CT molecular complexity index is 472. The van der Waals surface area contributed by atoms with Crippen molar-refractivity contribution in [2.24, 2.45) is 11.8 Å². The molecule has 0 aliphatic heterocycles. The fraction of sp³-hybridized carbons (Fsp3) is 0.625. The lowest BCUT2D eigenvalue weighted by Gasteiger charge is -2.38. The summed E-state index contributed by atoms with van der Waals surface area (Å²) in [5.41, 5.74) is 3.90. The molecule has 1 fully saturated rings. The second kappa shape index (κ2) is 4.80. The summed E-state index contributed by atoms with van der Waals surface area (Å²) in [4.78, 5) is 0. The van der Waals surface area contributed by atoms with Gasteiger partial charge in [0.05, 0.1) is 13.2 Å². The van der Waals surface area contributed by atoms with Gasteiger partial charge in [-0.1, -0.05) is 17.7 Å². The summed E-state index contributed by atoms with van der Waals surface area (Å²) >= 11 is 0. The fourth-order valence-corrected chi connectivity index (χ4v) is 3.86. The van der Waals surface area contributed by atoms with Crippen LogP contribution in [0.15, 0.2) is 34.6 Å². The molecule has 3 aliphatic carbocycles. The van der Waals surface area contributed by atoms with Crippen LogP contribution in [0.3, 0.4) is 0 Å². The van der Waals surface area contributed by atoms with Crippen molar-refractivity contribution in [1.29, 1.82) is 0 Å². The Balaban J connectivity index is 2.07. The highest BCUT2D eigenvalue weighted by Gasteiger charge is 2.43. The molecule has 3 aliphatic rings. The molecule has 19 heavy (non-hydrogen) atoms. The molecule has 0 spiro atoms. The number of rotatable bonds is 2. The molecule has 0 radical (unpaired) electrons. The van der Waals surface area contributed by atoms with Gasteiger partial charge in [-0.2, -0.15) is 0 Å². The topological polar surface area (TPSA) is 38.7 Å². The van der Waals surface area contributed by atoms with E-state index in [2.05, 4.69) is 19.1 Å². The van der Waals surface area contributed by atoms with Gasteiger partial charge in [0.25, 0.3) is 0 Å². The molecule has 1 saturated carbocycles. The zero-order chi connectivity index (χ0) is 13.6. The lowest BCUT2D eigenvalue weighted by Crippen LogP contribution is -2.35. The van der Waals surface area contributed by atoms with Gasteiger partial charge in [-0.25, -0.2) is 0 Å². The maximum atomic E-state index is 10.3. The molecule has 0 bridgehead atoms. The van der Waals surface area contributed by atoms with Crippen molar-refractivity contribution < 1.29 is 14.6 Å². The number of fused-ring (bicyclic) bond motifs is 3. The van der Waals surface area contributed by atoms with Crippen LogP contribution < -0.4 is 0 Å². The van der Waals surface area contributed by atoms with Crippen molar-refractivity contribution in [2.75, 3.05) is 14.2 Å². The van der Waals surface area contributed by atoms with Crippen LogP contribution in [0.1, 0.15) is 26.2 Å². The summed E-state index contributed by atoms with van der Waals surface area (Å²) in [7, 11) is 3.46. The lowest BCUT2D eigenvalue weighted by atomic mass is 9.70. The standard InChI is InChI=1S/C16H22O3/c1-9-6-11-12(7-9)15-10(8-13(11)17)4-5-14(18-2)16(15)19-3/h4,7,11-14,17H,5-6,8H2,1-3H3/t11-,12+,13+,14?/m1/s1. The Labute approximate surface area is 114 Å². The van der Waals surface area contributed by atoms with Crippen molar-refractivity contribution in [1.82, 2.24) is 0 Å². The summed E-state index contributed by atoms with van der Waals surface area (Å²) in [6.45, 7) is 2.15. The number of allylic oxidation sites excluding steroid dienone is 3. The first-order chi connectivity index (χ1) is 9.15. The van der Waals surface area contributed by atoms with Crippen LogP contribution in [0.25, 0.3) is 0 Å². The maximum Gasteiger partial charge on any atom is 0.129 e. The first-order valence-corrected chi connectivity index (χ1v) is 7.01. The van der Waals surface area contributed by atoms with Crippen LogP contribution in [0.4, 0.5) is 0 Å². The first kappa shape index (κ1) is 12.9. The first-order valence-electron chi connectivity index (χ1n) is 7.01. The molecular weight excluding hydrogens is 240 g/mol. The zero-order valence-electron chi connectivity index (χ0n) is 11.8. The number of hydrogen-bond acceptors (Lipinski definition) is 3. The largest absolute Gasteiger partial charge is 0.498 e. The highest BCUT2D eigenvalue weighted by atomic mass is 16.5. The Hall–Kier alpha value is -1.06. The predicted octanol–water partition coefficient (Wildman–Crippen LogP) is 2.58. The Morgan fingerprint density at radius 2 is 2.05 bits per heavy atom. The molecule has 3 heteroatoms. The van der Waals surface area contributed by atoms with Crippen molar-refractivity contribution in [2.45, 2.75) is 38.4 Å². The molecule has 104 valence electrons. The second-order valence-electron chi connectivity index (χ2n) is 5.85. The van der Waals surface area contributed by atoms with Crippen molar-refractivity contribution in [3.8, 4) is 0 Å². The van der Waals surface area contributed by atoms with Gasteiger partial charge in [0.15, 0.2) is 0 Å². The Morgan fingerprint density at radius 1 is 1.26 bits per heavy atom. The van der Waals surface area contributed by atoms with E-state index in [1.165, 1.54) is 16.7 Å². The number of methoxy groups -OCH3 is 2. The van der Waals surface area contributed by atoms with Crippen LogP contribution >= 0.6 is 0 Å². The van der Waals surface area contributed by atoms with E-state index in [4.69, 9.17) is 9.47 Å². The van der Waals surface area contributed by atoms with Crippen molar-refractivity contribution in [3.05, 3.63) is 34.6 Å². The van der Waals surface area contributed by atoms with Gasteiger partial charge in [-0.05, 0) is 37.7 Å². The van der Waals surface area contributed by atoms with Crippen LogP contribution in [-0.4, -0.2) is 31.5 Å².